The molecule has 1 amide bonds. The monoisotopic (exact) mass is 410 g/mol. The van der Waals surface area contributed by atoms with Crippen molar-refractivity contribution in [3.8, 4) is 0 Å². The van der Waals surface area contributed by atoms with E-state index in [4.69, 9.17) is 9.94 Å². The molecule has 2 rings (SSSR count). The van der Waals surface area contributed by atoms with Gasteiger partial charge in [0, 0.05) is 26.1 Å². The minimum Gasteiger partial charge on any atom is -0.378 e. The lowest BCUT2D eigenvalue weighted by Gasteiger charge is -2.31. The quantitative estimate of drug-likeness (QED) is 0.409. The highest BCUT2D eigenvalue weighted by molar-refractivity contribution is 7.89. The van der Waals surface area contributed by atoms with Gasteiger partial charge in [-0.05, 0) is 31.4 Å². The van der Waals surface area contributed by atoms with Gasteiger partial charge in [-0.2, -0.15) is 17.5 Å². The Hall–Kier alpha value is -1.69. The molecule has 0 atom stereocenters. The van der Waals surface area contributed by atoms with E-state index in [2.05, 4.69) is 0 Å². The highest BCUT2D eigenvalue weighted by Crippen LogP contribution is 2.25. The number of carbonyl (C=O) groups excluding carboxylic acids is 1. The maximum Gasteiger partial charge on any atom is 0.389 e. The standard InChI is InChI=1S/C16H21F3N2O5S/c17-16(18,19)8-3-11-26-12-6-9-21(10-7-12)27(24,25)14-5-2-1-4-13(14)15(22)20-23/h1-2,4-5,12,23H,3,6-11H2,(H,20,22). The van der Waals surface area contributed by atoms with E-state index in [9.17, 15) is 26.4 Å². The number of sulfonamides is 1. The van der Waals surface area contributed by atoms with Crippen molar-refractivity contribution in [1.29, 1.82) is 0 Å². The summed E-state index contributed by atoms with van der Waals surface area (Å²) in [5, 5.41) is 8.78. The molecule has 0 saturated carbocycles. The van der Waals surface area contributed by atoms with Crippen LogP contribution in [0.2, 0.25) is 0 Å². The van der Waals surface area contributed by atoms with Crippen molar-refractivity contribution in [2.24, 2.45) is 0 Å². The van der Waals surface area contributed by atoms with Crippen LogP contribution in [0.4, 0.5) is 13.2 Å². The summed E-state index contributed by atoms with van der Waals surface area (Å²) in [4.78, 5) is 11.5. The van der Waals surface area contributed by atoms with Gasteiger partial charge in [-0.1, -0.05) is 12.1 Å². The summed E-state index contributed by atoms with van der Waals surface area (Å²) >= 11 is 0. The highest BCUT2D eigenvalue weighted by atomic mass is 32.2. The lowest BCUT2D eigenvalue weighted by Crippen LogP contribution is -2.41. The van der Waals surface area contributed by atoms with E-state index in [0.29, 0.717) is 12.8 Å². The maximum absolute atomic E-state index is 12.8. The first-order valence-corrected chi connectivity index (χ1v) is 9.81. The van der Waals surface area contributed by atoms with Gasteiger partial charge >= 0.3 is 6.18 Å². The normalized spacial score (nSPS) is 17.0. The zero-order chi connectivity index (χ0) is 20.1. The molecule has 0 bridgehead atoms. The lowest BCUT2D eigenvalue weighted by molar-refractivity contribution is -0.139. The molecule has 152 valence electrons. The fourth-order valence-corrected chi connectivity index (χ4v) is 4.50. The maximum atomic E-state index is 12.8. The number of hydroxylamine groups is 1. The molecule has 1 aromatic rings. The van der Waals surface area contributed by atoms with Crippen molar-refractivity contribution in [2.75, 3.05) is 19.7 Å². The average Bonchev–Trinajstić information content (AvgIpc) is 2.64. The number of piperidine rings is 1. The van der Waals surface area contributed by atoms with Crippen molar-refractivity contribution in [3.63, 3.8) is 0 Å². The van der Waals surface area contributed by atoms with Crippen LogP contribution in [0, 0.1) is 0 Å². The van der Waals surface area contributed by atoms with Crippen molar-refractivity contribution in [1.82, 2.24) is 9.79 Å². The number of halogens is 3. The number of alkyl halides is 3. The van der Waals surface area contributed by atoms with E-state index >= 15 is 0 Å². The third kappa shape index (κ3) is 5.89. The van der Waals surface area contributed by atoms with Crippen LogP contribution in [0.25, 0.3) is 0 Å². The van der Waals surface area contributed by atoms with Gasteiger partial charge in [0.2, 0.25) is 10.0 Å². The van der Waals surface area contributed by atoms with Crippen LogP contribution in [0.5, 0.6) is 0 Å². The second-order valence-corrected chi connectivity index (χ2v) is 8.04. The molecule has 1 aliphatic rings. The predicted molar refractivity (Wildman–Crippen MR) is 88.7 cm³/mol. The van der Waals surface area contributed by atoms with E-state index < -0.39 is 28.5 Å². The summed E-state index contributed by atoms with van der Waals surface area (Å²) < 4.78 is 68.5. The average molecular weight is 410 g/mol. The van der Waals surface area contributed by atoms with Gasteiger partial charge in [0.05, 0.1) is 16.6 Å². The van der Waals surface area contributed by atoms with Gasteiger partial charge in [0.15, 0.2) is 0 Å². The first-order valence-electron chi connectivity index (χ1n) is 8.37. The number of carbonyl (C=O) groups is 1. The molecule has 7 nitrogen and oxygen atoms in total. The summed E-state index contributed by atoms with van der Waals surface area (Å²) in [7, 11) is -3.96. The second-order valence-electron chi connectivity index (χ2n) is 6.13. The SMILES string of the molecule is O=C(NO)c1ccccc1S(=O)(=O)N1CCC(OCCCC(F)(F)F)CC1. The number of ether oxygens (including phenoxy) is 1. The topological polar surface area (TPSA) is 95.9 Å². The van der Waals surface area contributed by atoms with Gasteiger partial charge in [-0.15, -0.1) is 0 Å². The number of amides is 1. The van der Waals surface area contributed by atoms with Crippen LogP contribution in [-0.4, -0.2) is 55.8 Å². The summed E-state index contributed by atoms with van der Waals surface area (Å²) in [5.41, 5.74) is 1.25. The third-order valence-electron chi connectivity index (χ3n) is 4.21. The van der Waals surface area contributed by atoms with Crippen LogP contribution in [0.1, 0.15) is 36.0 Å². The third-order valence-corrected chi connectivity index (χ3v) is 6.17. The Morgan fingerprint density at radius 2 is 1.89 bits per heavy atom. The Bertz CT molecular complexity index is 747. The lowest BCUT2D eigenvalue weighted by atomic mass is 10.1. The highest BCUT2D eigenvalue weighted by Gasteiger charge is 2.32. The van der Waals surface area contributed by atoms with Gasteiger partial charge in [0.25, 0.3) is 5.91 Å². The molecule has 1 fully saturated rings. The number of benzene rings is 1. The van der Waals surface area contributed by atoms with Gasteiger partial charge in [-0.25, -0.2) is 13.9 Å². The van der Waals surface area contributed by atoms with Crippen LogP contribution >= 0.6 is 0 Å². The number of nitrogens with zero attached hydrogens (tertiary/aromatic N) is 1. The largest absolute Gasteiger partial charge is 0.389 e. The van der Waals surface area contributed by atoms with Crippen molar-refractivity contribution in [2.45, 2.75) is 42.9 Å². The Morgan fingerprint density at radius 1 is 1.26 bits per heavy atom. The molecule has 11 heteroatoms. The Balaban J connectivity index is 1.95. The molecule has 0 unspecified atom stereocenters. The molecular formula is C16H21F3N2O5S. The van der Waals surface area contributed by atoms with Crippen LogP contribution in [0.3, 0.4) is 0 Å². The van der Waals surface area contributed by atoms with Crippen LogP contribution in [-0.2, 0) is 14.8 Å². The first-order chi connectivity index (χ1) is 12.6. The zero-order valence-electron chi connectivity index (χ0n) is 14.4. The van der Waals surface area contributed by atoms with Crippen LogP contribution in [0.15, 0.2) is 29.2 Å². The van der Waals surface area contributed by atoms with Crippen molar-refractivity contribution < 1.29 is 36.3 Å². The number of hydrogen-bond donors (Lipinski definition) is 2. The van der Waals surface area contributed by atoms with E-state index in [1.54, 1.807) is 0 Å². The summed E-state index contributed by atoms with van der Waals surface area (Å²) in [6.07, 6.45) is -4.87. The number of rotatable bonds is 7. The summed E-state index contributed by atoms with van der Waals surface area (Å²) in [5.74, 6) is -0.933. The molecule has 27 heavy (non-hydrogen) atoms. The molecule has 0 spiro atoms. The first kappa shape index (κ1) is 21.6. The van der Waals surface area contributed by atoms with E-state index in [1.165, 1.54) is 34.1 Å². The summed E-state index contributed by atoms with van der Waals surface area (Å²) in [6, 6.07) is 5.51. The molecule has 0 aromatic heterocycles. The van der Waals surface area contributed by atoms with Gasteiger partial charge in [-0.3, -0.25) is 10.0 Å². The second kappa shape index (κ2) is 9.00. The van der Waals surface area contributed by atoms with Crippen molar-refractivity contribution in [3.05, 3.63) is 29.8 Å². The minimum absolute atomic E-state index is 0.0313. The molecule has 1 heterocycles. The minimum atomic E-state index is -4.21. The fraction of sp³-hybridized carbons (Fsp3) is 0.562. The Labute approximate surface area is 155 Å². The van der Waals surface area contributed by atoms with Gasteiger partial charge < -0.3 is 4.74 Å². The zero-order valence-corrected chi connectivity index (χ0v) is 15.2. The van der Waals surface area contributed by atoms with E-state index in [1.807, 2.05) is 0 Å². The Morgan fingerprint density at radius 3 is 2.48 bits per heavy atom. The molecule has 0 aliphatic carbocycles. The molecule has 0 radical (unpaired) electrons. The number of hydrogen-bond acceptors (Lipinski definition) is 5. The van der Waals surface area contributed by atoms with E-state index in [0.717, 1.165) is 0 Å². The van der Waals surface area contributed by atoms with Crippen molar-refractivity contribution >= 4 is 15.9 Å². The number of nitrogens with one attached hydrogen (secondary N) is 1. The molecular weight excluding hydrogens is 389 g/mol. The van der Waals surface area contributed by atoms with Crippen LogP contribution < -0.4 is 5.48 Å². The smallest absolute Gasteiger partial charge is 0.378 e. The molecule has 1 aromatic carbocycles. The Kier molecular flexibility index (Phi) is 7.20. The van der Waals surface area contributed by atoms with E-state index in [-0.39, 0.29) is 42.7 Å². The molecule has 1 saturated heterocycles. The predicted octanol–water partition coefficient (Wildman–Crippen LogP) is 2.32. The summed E-state index contributed by atoms with van der Waals surface area (Å²) in [6.45, 7) is 0.221. The fourth-order valence-electron chi connectivity index (χ4n) is 2.84. The van der Waals surface area contributed by atoms with Gasteiger partial charge in [0.1, 0.15) is 0 Å². The molecule has 2 N–H and O–H groups in total. The molecule has 1 aliphatic heterocycles.